The predicted molar refractivity (Wildman–Crippen MR) is 64.9 cm³/mol. The van der Waals surface area contributed by atoms with E-state index in [9.17, 15) is 12.8 Å². The number of rotatable bonds is 3. The molecule has 0 bridgehead atoms. The summed E-state index contributed by atoms with van der Waals surface area (Å²) < 4.78 is 39.5. The number of nitrogens with zero attached hydrogens (tertiary/aromatic N) is 1. The summed E-state index contributed by atoms with van der Waals surface area (Å²) in [6.07, 6.45) is 1.15. The Morgan fingerprint density at radius 3 is 2.78 bits per heavy atom. The van der Waals surface area contributed by atoms with E-state index in [0.717, 1.165) is 12.3 Å². The summed E-state index contributed by atoms with van der Waals surface area (Å²) in [4.78, 5) is -0.0377. The van der Waals surface area contributed by atoms with E-state index in [2.05, 4.69) is 14.9 Å². The zero-order valence-electron chi connectivity index (χ0n) is 9.44. The molecular weight excluding hydrogens is 259 g/mol. The summed E-state index contributed by atoms with van der Waals surface area (Å²) in [5.74, 6) is -0.700. The Hall–Kier alpha value is -2.09. The molecule has 0 aliphatic heterocycles. The van der Waals surface area contributed by atoms with Crippen LogP contribution in [0.25, 0.3) is 0 Å². The van der Waals surface area contributed by atoms with Gasteiger partial charge >= 0.3 is 0 Å². The molecule has 0 atom stereocenters. The van der Waals surface area contributed by atoms with Crippen molar-refractivity contribution in [2.75, 3.05) is 10.5 Å². The van der Waals surface area contributed by atoms with Gasteiger partial charge < -0.3 is 5.73 Å². The zero-order valence-corrected chi connectivity index (χ0v) is 10.3. The molecule has 0 aliphatic carbocycles. The Balaban J connectivity index is 2.40. The molecule has 2 rings (SSSR count). The highest BCUT2D eigenvalue weighted by molar-refractivity contribution is 7.92. The maximum absolute atomic E-state index is 13.4. The molecule has 0 aliphatic rings. The molecule has 1 heterocycles. The lowest BCUT2D eigenvalue weighted by molar-refractivity contribution is 0.598. The standard InChI is InChI=1S/C10H11FN4O2S/c1-6-10(5-13-14-6)18(16,17)15-9-4-7(12)2-3-8(9)11/h2-5,15H,12H2,1H3,(H,13,14). The Bertz CT molecular complexity index is 681. The first-order valence-electron chi connectivity index (χ1n) is 4.98. The van der Waals surface area contributed by atoms with E-state index in [1.165, 1.54) is 12.1 Å². The molecule has 0 fully saturated rings. The molecule has 1 aromatic heterocycles. The maximum Gasteiger partial charge on any atom is 0.265 e. The Labute approximate surface area is 103 Å². The van der Waals surface area contributed by atoms with Crippen molar-refractivity contribution in [2.45, 2.75) is 11.8 Å². The third kappa shape index (κ3) is 2.28. The molecule has 6 nitrogen and oxygen atoms in total. The second kappa shape index (κ2) is 4.30. The first kappa shape index (κ1) is 12.4. The normalized spacial score (nSPS) is 11.4. The summed E-state index contributed by atoms with van der Waals surface area (Å²) >= 11 is 0. The molecule has 0 amide bonds. The van der Waals surface area contributed by atoms with E-state index in [1.54, 1.807) is 6.92 Å². The van der Waals surface area contributed by atoms with Crippen LogP contribution in [0.15, 0.2) is 29.3 Å². The van der Waals surface area contributed by atoms with Crippen LogP contribution in [0.2, 0.25) is 0 Å². The minimum Gasteiger partial charge on any atom is -0.399 e. The van der Waals surface area contributed by atoms with E-state index in [0.29, 0.717) is 5.69 Å². The number of anilines is 2. The second-order valence-electron chi connectivity index (χ2n) is 3.70. The van der Waals surface area contributed by atoms with Crippen molar-refractivity contribution in [2.24, 2.45) is 0 Å². The number of sulfonamides is 1. The smallest absolute Gasteiger partial charge is 0.265 e. The first-order valence-corrected chi connectivity index (χ1v) is 6.46. The number of aryl methyl sites for hydroxylation is 1. The van der Waals surface area contributed by atoms with Gasteiger partial charge in [0.1, 0.15) is 10.7 Å². The molecule has 96 valence electrons. The number of aromatic nitrogens is 2. The third-order valence-corrected chi connectivity index (χ3v) is 3.79. The zero-order chi connectivity index (χ0) is 13.3. The molecule has 0 saturated carbocycles. The summed E-state index contributed by atoms with van der Waals surface area (Å²) in [5.41, 5.74) is 5.91. The molecule has 0 spiro atoms. The molecule has 0 saturated heterocycles. The largest absolute Gasteiger partial charge is 0.399 e. The van der Waals surface area contributed by atoms with E-state index < -0.39 is 15.8 Å². The molecule has 4 N–H and O–H groups in total. The molecular formula is C10H11FN4O2S. The molecule has 2 aromatic rings. The van der Waals surface area contributed by atoms with Gasteiger partial charge in [-0.1, -0.05) is 0 Å². The van der Waals surface area contributed by atoms with Crippen LogP contribution >= 0.6 is 0 Å². The van der Waals surface area contributed by atoms with Crippen molar-refractivity contribution in [3.63, 3.8) is 0 Å². The number of hydrogen-bond donors (Lipinski definition) is 3. The number of nitrogens with one attached hydrogen (secondary N) is 2. The van der Waals surface area contributed by atoms with Crippen LogP contribution in [0.3, 0.4) is 0 Å². The molecule has 0 radical (unpaired) electrons. The minimum atomic E-state index is -3.88. The highest BCUT2D eigenvalue weighted by atomic mass is 32.2. The van der Waals surface area contributed by atoms with Gasteiger partial charge in [-0.05, 0) is 25.1 Å². The number of nitrogens with two attached hydrogens (primary N) is 1. The van der Waals surface area contributed by atoms with Gasteiger partial charge in [0.15, 0.2) is 0 Å². The SMILES string of the molecule is Cc1[nH]ncc1S(=O)(=O)Nc1cc(N)ccc1F. The van der Waals surface area contributed by atoms with E-state index in [-0.39, 0.29) is 16.3 Å². The van der Waals surface area contributed by atoms with Gasteiger partial charge in [-0.15, -0.1) is 0 Å². The van der Waals surface area contributed by atoms with Gasteiger partial charge in [-0.25, -0.2) is 12.8 Å². The van der Waals surface area contributed by atoms with Crippen molar-refractivity contribution in [1.82, 2.24) is 10.2 Å². The number of halogens is 1. The average Bonchev–Trinajstić information content (AvgIpc) is 2.70. The van der Waals surface area contributed by atoms with Gasteiger partial charge in [0.2, 0.25) is 0 Å². The van der Waals surface area contributed by atoms with Crippen molar-refractivity contribution >= 4 is 21.4 Å². The monoisotopic (exact) mass is 270 g/mol. The van der Waals surface area contributed by atoms with Crippen molar-refractivity contribution in [1.29, 1.82) is 0 Å². The lowest BCUT2D eigenvalue weighted by Crippen LogP contribution is -2.14. The summed E-state index contributed by atoms with van der Waals surface area (Å²) in [7, 11) is -3.88. The van der Waals surface area contributed by atoms with Crippen LogP contribution in [0, 0.1) is 12.7 Å². The molecule has 18 heavy (non-hydrogen) atoms. The third-order valence-electron chi connectivity index (χ3n) is 2.31. The topological polar surface area (TPSA) is 101 Å². The van der Waals surface area contributed by atoms with Gasteiger partial charge in [-0.2, -0.15) is 5.10 Å². The molecule has 0 unspecified atom stereocenters. The Morgan fingerprint density at radius 2 is 2.17 bits per heavy atom. The van der Waals surface area contributed by atoms with Crippen LogP contribution < -0.4 is 10.5 Å². The molecule has 8 heteroatoms. The fourth-order valence-corrected chi connectivity index (χ4v) is 2.63. The van der Waals surface area contributed by atoms with Gasteiger partial charge in [0.25, 0.3) is 10.0 Å². The number of H-pyrrole nitrogens is 1. The number of nitrogen functional groups attached to an aromatic ring is 1. The highest BCUT2D eigenvalue weighted by Gasteiger charge is 2.20. The average molecular weight is 270 g/mol. The van der Waals surface area contributed by atoms with Crippen molar-refractivity contribution in [3.8, 4) is 0 Å². The lowest BCUT2D eigenvalue weighted by atomic mass is 10.3. The quantitative estimate of drug-likeness (QED) is 0.730. The van der Waals surface area contributed by atoms with Crippen LogP contribution in [0.1, 0.15) is 5.69 Å². The molecule has 1 aromatic carbocycles. The van der Waals surface area contributed by atoms with Gasteiger partial charge in [0, 0.05) is 5.69 Å². The number of benzene rings is 1. The van der Waals surface area contributed by atoms with Gasteiger partial charge in [-0.3, -0.25) is 9.82 Å². The summed E-state index contributed by atoms with van der Waals surface area (Å²) in [6.45, 7) is 1.55. The second-order valence-corrected chi connectivity index (χ2v) is 5.35. The van der Waals surface area contributed by atoms with Crippen molar-refractivity contribution in [3.05, 3.63) is 35.9 Å². The van der Waals surface area contributed by atoms with Crippen LogP contribution in [-0.2, 0) is 10.0 Å². The fourth-order valence-electron chi connectivity index (χ4n) is 1.43. The highest BCUT2D eigenvalue weighted by Crippen LogP contribution is 2.22. The lowest BCUT2D eigenvalue weighted by Gasteiger charge is -2.08. The number of hydrogen-bond acceptors (Lipinski definition) is 4. The summed E-state index contributed by atoms with van der Waals surface area (Å²) in [5, 5.41) is 6.11. The minimum absolute atomic E-state index is 0.0377. The Morgan fingerprint density at radius 1 is 1.44 bits per heavy atom. The van der Waals surface area contributed by atoms with Crippen LogP contribution in [0.4, 0.5) is 15.8 Å². The Kier molecular flexibility index (Phi) is 2.95. The fraction of sp³-hybridized carbons (Fsp3) is 0.100. The van der Waals surface area contributed by atoms with Crippen LogP contribution in [-0.4, -0.2) is 18.6 Å². The van der Waals surface area contributed by atoms with Crippen LogP contribution in [0.5, 0.6) is 0 Å². The van der Waals surface area contributed by atoms with Gasteiger partial charge in [0.05, 0.1) is 17.6 Å². The van der Waals surface area contributed by atoms with E-state index in [4.69, 9.17) is 5.73 Å². The maximum atomic E-state index is 13.4. The van der Waals surface area contributed by atoms with E-state index in [1.807, 2.05) is 0 Å². The number of aromatic amines is 1. The van der Waals surface area contributed by atoms with E-state index >= 15 is 0 Å². The first-order chi connectivity index (χ1) is 8.40. The predicted octanol–water partition coefficient (Wildman–Crippen LogP) is 1.24. The summed E-state index contributed by atoms with van der Waals surface area (Å²) in [6, 6.07) is 3.65. The van der Waals surface area contributed by atoms with Crippen molar-refractivity contribution < 1.29 is 12.8 Å².